The Kier molecular flexibility index (Phi) is 8.06. The summed E-state index contributed by atoms with van der Waals surface area (Å²) in [6, 6.07) is 11.8. The van der Waals surface area contributed by atoms with E-state index in [-0.39, 0.29) is 23.5 Å². The van der Waals surface area contributed by atoms with Gasteiger partial charge in [-0.1, -0.05) is 29.3 Å². The zero-order valence-electron chi connectivity index (χ0n) is 22.8. The van der Waals surface area contributed by atoms with Crippen molar-refractivity contribution in [2.75, 3.05) is 36.4 Å². The summed E-state index contributed by atoms with van der Waals surface area (Å²) < 4.78 is 20.9. The van der Waals surface area contributed by atoms with Gasteiger partial charge in [0.2, 0.25) is 5.88 Å². The number of halogens is 3. The predicted molar refractivity (Wildman–Crippen MR) is 158 cm³/mol. The van der Waals surface area contributed by atoms with Crippen molar-refractivity contribution in [3.05, 3.63) is 75.8 Å². The number of amides is 1. The molecule has 41 heavy (non-hydrogen) atoms. The number of carbonyl (C=O) groups is 1. The SMILES string of the molecule is CC(C)(C)OC(=O)N1CCN(c2ccc(Nc3nc(Cc4c(Cl)cccc4Cl)cc4cnnc(O)c34)c(F)c2)CC1. The number of pyridine rings is 1. The molecule has 0 atom stereocenters. The maximum absolute atomic E-state index is 15.4. The van der Waals surface area contributed by atoms with Crippen molar-refractivity contribution >= 4 is 57.3 Å². The second kappa shape index (κ2) is 11.5. The number of fused-ring (bicyclic) bond motifs is 1. The highest BCUT2D eigenvalue weighted by molar-refractivity contribution is 6.36. The standard InChI is InChI=1S/C29H29Cl2FN6O3/c1-29(2,3)41-28(40)38-11-9-37(10-12-38)19-7-8-24(23(32)15-19)35-26-25-17(16-33-36-27(25)39)13-18(34-26)14-20-21(30)5-4-6-22(20)31/h4-8,13,15-16H,9-12,14H2,1-3H3,(H,34,35)(H,36,39). The molecule has 0 spiro atoms. The average molecular weight is 599 g/mol. The molecule has 12 heteroatoms. The number of aromatic nitrogens is 3. The number of rotatable bonds is 5. The summed E-state index contributed by atoms with van der Waals surface area (Å²) in [6.45, 7) is 7.50. The van der Waals surface area contributed by atoms with Crippen molar-refractivity contribution in [2.45, 2.75) is 32.8 Å². The first kappa shape index (κ1) is 28.6. The topological polar surface area (TPSA) is 104 Å². The van der Waals surface area contributed by atoms with Crippen LogP contribution in [0.2, 0.25) is 10.0 Å². The lowest BCUT2D eigenvalue weighted by Gasteiger charge is -2.36. The molecule has 0 unspecified atom stereocenters. The van der Waals surface area contributed by atoms with E-state index >= 15 is 4.39 Å². The Morgan fingerprint density at radius 2 is 1.80 bits per heavy atom. The van der Waals surface area contributed by atoms with Gasteiger partial charge in [-0.15, -0.1) is 5.10 Å². The van der Waals surface area contributed by atoms with Crippen LogP contribution in [0.1, 0.15) is 32.0 Å². The Morgan fingerprint density at radius 3 is 2.46 bits per heavy atom. The molecule has 9 nitrogen and oxygen atoms in total. The number of carbonyl (C=O) groups excluding carboxylic acids is 1. The maximum Gasteiger partial charge on any atom is 0.410 e. The summed E-state index contributed by atoms with van der Waals surface area (Å²) >= 11 is 12.7. The molecule has 1 aliphatic rings. The van der Waals surface area contributed by atoms with Gasteiger partial charge in [-0.3, -0.25) is 0 Å². The third-order valence-corrected chi connectivity index (χ3v) is 7.31. The molecule has 1 aliphatic heterocycles. The van der Waals surface area contributed by atoms with E-state index < -0.39 is 11.4 Å². The van der Waals surface area contributed by atoms with E-state index in [9.17, 15) is 9.90 Å². The zero-order chi connectivity index (χ0) is 29.3. The Balaban J connectivity index is 1.37. The number of aromatic hydroxyl groups is 1. The summed E-state index contributed by atoms with van der Waals surface area (Å²) in [5.41, 5.74) is 1.57. The van der Waals surface area contributed by atoms with E-state index in [2.05, 4.69) is 20.5 Å². The van der Waals surface area contributed by atoms with Gasteiger partial charge in [0, 0.05) is 59.4 Å². The van der Waals surface area contributed by atoms with Gasteiger partial charge in [0.15, 0.2) is 0 Å². The third-order valence-electron chi connectivity index (χ3n) is 6.60. The van der Waals surface area contributed by atoms with Crippen LogP contribution in [-0.4, -0.2) is 63.1 Å². The fraction of sp³-hybridized carbons (Fsp3) is 0.310. The fourth-order valence-electron chi connectivity index (χ4n) is 4.62. The minimum atomic E-state index is -0.565. The molecule has 1 amide bonds. The summed E-state index contributed by atoms with van der Waals surface area (Å²) in [4.78, 5) is 20.7. The van der Waals surface area contributed by atoms with Crippen LogP contribution in [-0.2, 0) is 11.2 Å². The monoisotopic (exact) mass is 598 g/mol. The number of ether oxygens (including phenoxy) is 1. The molecule has 1 fully saturated rings. The molecule has 5 rings (SSSR count). The van der Waals surface area contributed by atoms with E-state index in [4.69, 9.17) is 27.9 Å². The molecule has 1 saturated heterocycles. The van der Waals surface area contributed by atoms with Crippen molar-refractivity contribution < 1.29 is 19.0 Å². The molecular weight excluding hydrogens is 570 g/mol. The Labute approximate surface area is 246 Å². The van der Waals surface area contributed by atoms with Crippen LogP contribution in [0.4, 0.5) is 26.4 Å². The van der Waals surface area contributed by atoms with E-state index in [0.29, 0.717) is 70.4 Å². The van der Waals surface area contributed by atoms with Gasteiger partial charge in [-0.05, 0) is 62.7 Å². The highest BCUT2D eigenvalue weighted by Gasteiger charge is 2.26. The first-order valence-electron chi connectivity index (χ1n) is 13.0. The second-order valence-electron chi connectivity index (χ2n) is 10.7. The highest BCUT2D eigenvalue weighted by Crippen LogP contribution is 2.34. The Hall–Kier alpha value is -3.89. The summed E-state index contributed by atoms with van der Waals surface area (Å²) in [6.07, 6.45) is 1.45. The molecule has 2 aromatic carbocycles. The lowest BCUT2D eigenvalue weighted by molar-refractivity contribution is 0.0240. The normalized spacial score (nSPS) is 13.9. The smallest absolute Gasteiger partial charge is 0.410 e. The number of anilines is 3. The Bertz CT molecular complexity index is 1590. The molecule has 2 aromatic heterocycles. The maximum atomic E-state index is 15.4. The quantitative estimate of drug-likeness (QED) is 0.266. The van der Waals surface area contributed by atoms with Crippen molar-refractivity contribution in [3.63, 3.8) is 0 Å². The van der Waals surface area contributed by atoms with Gasteiger partial charge in [-0.25, -0.2) is 14.2 Å². The van der Waals surface area contributed by atoms with Gasteiger partial charge in [0.25, 0.3) is 0 Å². The molecule has 0 bridgehead atoms. The minimum absolute atomic E-state index is 0.166. The van der Waals surface area contributed by atoms with Crippen LogP contribution in [0.25, 0.3) is 10.8 Å². The van der Waals surface area contributed by atoms with Gasteiger partial charge in [0.1, 0.15) is 17.2 Å². The fourth-order valence-corrected chi connectivity index (χ4v) is 5.15. The molecule has 214 valence electrons. The number of hydrogen-bond donors (Lipinski definition) is 2. The summed E-state index contributed by atoms with van der Waals surface area (Å²) in [5.74, 6) is -0.626. The van der Waals surface area contributed by atoms with Crippen LogP contribution < -0.4 is 10.2 Å². The van der Waals surface area contributed by atoms with Gasteiger partial charge < -0.3 is 25.0 Å². The van der Waals surface area contributed by atoms with Crippen LogP contribution in [0.15, 0.2) is 48.7 Å². The van der Waals surface area contributed by atoms with Crippen LogP contribution >= 0.6 is 23.2 Å². The van der Waals surface area contributed by atoms with E-state index in [1.165, 1.54) is 12.3 Å². The lowest BCUT2D eigenvalue weighted by Crippen LogP contribution is -2.50. The zero-order valence-corrected chi connectivity index (χ0v) is 24.3. The van der Waals surface area contributed by atoms with Crippen molar-refractivity contribution in [1.82, 2.24) is 20.1 Å². The number of nitrogens with zero attached hydrogens (tertiary/aromatic N) is 5. The largest absolute Gasteiger partial charge is 0.492 e. The first-order chi connectivity index (χ1) is 19.5. The van der Waals surface area contributed by atoms with Crippen molar-refractivity contribution in [1.29, 1.82) is 0 Å². The van der Waals surface area contributed by atoms with Crippen LogP contribution in [0, 0.1) is 5.82 Å². The average Bonchev–Trinajstić information content (AvgIpc) is 2.91. The second-order valence-corrected chi connectivity index (χ2v) is 11.5. The van der Waals surface area contributed by atoms with Gasteiger partial charge in [-0.2, -0.15) is 5.10 Å². The predicted octanol–water partition coefficient (Wildman–Crippen LogP) is 6.57. The van der Waals surface area contributed by atoms with Gasteiger partial charge >= 0.3 is 6.09 Å². The molecule has 0 radical (unpaired) electrons. The molecule has 4 aromatic rings. The molecule has 3 heterocycles. The van der Waals surface area contributed by atoms with E-state index in [1.54, 1.807) is 41.3 Å². The molecule has 0 saturated carbocycles. The van der Waals surface area contributed by atoms with Crippen molar-refractivity contribution in [2.24, 2.45) is 0 Å². The lowest BCUT2D eigenvalue weighted by atomic mass is 10.1. The molecule has 0 aliphatic carbocycles. The van der Waals surface area contributed by atoms with Crippen LogP contribution in [0.5, 0.6) is 5.88 Å². The summed E-state index contributed by atoms with van der Waals surface area (Å²) in [5, 5.41) is 22.9. The third kappa shape index (κ3) is 6.55. The number of hydrogen-bond acceptors (Lipinski definition) is 8. The van der Waals surface area contributed by atoms with E-state index in [1.807, 2.05) is 25.7 Å². The molecule has 2 N–H and O–H groups in total. The van der Waals surface area contributed by atoms with Gasteiger partial charge in [0.05, 0.1) is 17.3 Å². The van der Waals surface area contributed by atoms with Crippen molar-refractivity contribution in [3.8, 4) is 5.88 Å². The summed E-state index contributed by atoms with van der Waals surface area (Å²) in [7, 11) is 0. The van der Waals surface area contributed by atoms with Crippen LogP contribution in [0.3, 0.4) is 0 Å². The Morgan fingerprint density at radius 1 is 1.10 bits per heavy atom. The number of piperazine rings is 1. The van der Waals surface area contributed by atoms with E-state index in [0.717, 1.165) is 0 Å². The molecular formula is C29H29Cl2FN6O3. The first-order valence-corrected chi connectivity index (χ1v) is 13.8. The number of nitrogens with one attached hydrogen (secondary N) is 1. The number of benzene rings is 2. The highest BCUT2D eigenvalue weighted by atomic mass is 35.5. The minimum Gasteiger partial charge on any atom is -0.492 e.